The summed E-state index contributed by atoms with van der Waals surface area (Å²) in [6.45, 7) is 3.12. The molecule has 2 fully saturated rings. The van der Waals surface area contributed by atoms with Gasteiger partial charge in [0.2, 0.25) is 15.9 Å². The van der Waals surface area contributed by atoms with E-state index in [0.29, 0.717) is 38.9 Å². The Hall–Kier alpha value is -0.660. The van der Waals surface area contributed by atoms with E-state index >= 15 is 0 Å². The lowest BCUT2D eigenvalue weighted by Gasteiger charge is -2.27. The Kier molecular flexibility index (Phi) is 4.47. The summed E-state index contributed by atoms with van der Waals surface area (Å²) in [4.78, 5) is 14.0. The molecule has 2 aliphatic heterocycles. The minimum Gasteiger partial charge on any atom is -0.391 e. The van der Waals surface area contributed by atoms with E-state index in [-0.39, 0.29) is 11.7 Å². The van der Waals surface area contributed by atoms with E-state index in [4.69, 9.17) is 0 Å². The lowest BCUT2D eigenvalue weighted by Crippen LogP contribution is -2.47. The number of carbonyl (C=O) groups is 1. The lowest BCUT2D eigenvalue weighted by atomic mass is 10.2. The Labute approximate surface area is 114 Å². The topological polar surface area (TPSA) is 77.9 Å². The number of likely N-dealkylation sites (tertiary alicyclic amines) is 1. The van der Waals surface area contributed by atoms with E-state index in [1.165, 1.54) is 4.31 Å². The molecule has 1 unspecified atom stereocenters. The fraction of sp³-hybridized carbons (Fsp3) is 0.917. The van der Waals surface area contributed by atoms with Crippen molar-refractivity contribution in [2.75, 3.05) is 25.4 Å². The summed E-state index contributed by atoms with van der Waals surface area (Å²) in [6, 6.07) is -0.554. The average Bonchev–Trinajstić information content (AvgIpc) is 2.96. The van der Waals surface area contributed by atoms with Crippen molar-refractivity contribution in [2.45, 2.75) is 44.8 Å². The molecular formula is C12H22N2O4S. The molecule has 110 valence electrons. The van der Waals surface area contributed by atoms with E-state index in [9.17, 15) is 18.3 Å². The molecule has 2 heterocycles. The molecule has 0 radical (unpaired) electrons. The Morgan fingerprint density at radius 1 is 1.32 bits per heavy atom. The first-order valence-corrected chi connectivity index (χ1v) is 8.53. The molecule has 6 nitrogen and oxygen atoms in total. The van der Waals surface area contributed by atoms with Gasteiger partial charge in [0.05, 0.1) is 11.9 Å². The Balaban J connectivity index is 2.08. The average molecular weight is 290 g/mol. The fourth-order valence-corrected chi connectivity index (χ4v) is 4.59. The molecule has 1 amide bonds. The molecule has 0 spiro atoms. The highest BCUT2D eigenvalue weighted by atomic mass is 32.2. The van der Waals surface area contributed by atoms with E-state index in [2.05, 4.69) is 0 Å². The van der Waals surface area contributed by atoms with E-state index in [0.717, 1.165) is 6.42 Å². The van der Waals surface area contributed by atoms with Crippen LogP contribution in [0.5, 0.6) is 0 Å². The first-order valence-electron chi connectivity index (χ1n) is 6.92. The van der Waals surface area contributed by atoms with Gasteiger partial charge in [0.15, 0.2) is 0 Å². The molecule has 0 bridgehead atoms. The van der Waals surface area contributed by atoms with Gasteiger partial charge in [-0.05, 0) is 25.7 Å². The van der Waals surface area contributed by atoms with Gasteiger partial charge in [-0.3, -0.25) is 4.79 Å². The van der Waals surface area contributed by atoms with Crippen molar-refractivity contribution in [2.24, 2.45) is 0 Å². The predicted octanol–water partition coefficient (Wildman–Crippen LogP) is -0.216. The molecule has 2 aliphatic rings. The second-order valence-corrected chi connectivity index (χ2v) is 7.35. The van der Waals surface area contributed by atoms with Crippen LogP contribution in [0.3, 0.4) is 0 Å². The van der Waals surface area contributed by atoms with Gasteiger partial charge in [-0.25, -0.2) is 8.42 Å². The van der Waals surface area contributed by atoms with Crippen LogP contribution in [-0.2, 0) is 14.8 Å². The summed E-state index contributed by atoms with van der Waals surface area (Å²) in [6.07, 6.45) is 2.00. The summed E-state index contributed by atoms with van der Waals surface area (Å²) in [5, 5.41) is 9.48. The summed E-state index contributed by atoms with van der Waals surface area (Å²) in [5.41, 5.74) is 0. The van der Waals surface area contributed by atoms with Crippen molar-refractivity contribution in [1.82, 2.24) is 9.21 Å². The van der Waals surface area contributed by atoms with Crippen molar-refractivity contribution >= 4 is 15.9 Å². The second-order valence-electron chi connectivity index (χ2n) is 5.31. The van der Waals surface area contributed by atoms with Crippen LogP contribution in [0.25, 0.3) is 0 Å². The Bertz CT molecular complexity index is 437. The minimum atomic E-state index is -3.32. The highest BCUT2D eigenvalue weighted by Gasteiger charge is 2.41. The summed E-state index contributed by atoms with van der Waals surface area (Å²) in [7, 11) is -3.32. The zero-order valence-electron chi connectivity index (χ0n) is 11.3. The van der Waals surface area contributed by atoms with E-state index in [1.54, 1.807) is 4.90 Å². The van der Waals surface area contributed by atoms with Gasteiger partial charge in [-0.1, -0.05) is 6.92 Å². The molecule has 0 aliphatic carbocycles. The first-order chi connectivity index (χ1) is 8.95. The smallest absolute Gasteiger partial charge is 0.241 e. The van der Waals surface area contributed by atoms with Crippen LogP contribution >= 0.6 is 0 Å². The zero-order chi connectivity index (χ0) is 14.0. The van der Waals surface area contributed by atoms with Gasteiger partial charge >= 0.3 is 0 Å². The number of nitrogens with zero attached hydrogens (tertiary/aromatic N) is 2. The number of aliphatic hydroxyl groups is 1. The number of sulfonamides is 1. The van der Waals surface area contributed by atoms with Crippen LogP contribution in [0.15, 0.2) is 0 Å². The summed E-state index contributed by atoms with van der Waals surface area (Å²) in [5.74, 6) is -0.0481. The number of carbonyl (C=O) groups excluding carboxylic acids is 1. The molecule has 0 aromatic heterocycles. The number of β-amino-alcohol motifs (C(OH)–C–C–N with tert-alkyl or cyclic N) is 1. The molecule has 0 saturated carbocycles. The van der Waals surface area contributed by atoms with Crippen molar-refractivity contribution in [3.05, 3.63) is 0 Å². The number of amides is 1. The van der Waals surface area contributed by atoms with Gasteiger partial charge in [-0.2, -0.15) is 4.31 Å². The Morgan fingerprint density at radius 3 is 2.63 bits per heavy atom. The quantitative estimate of drug-likeness (QED) is 0.777. The number of hydrogen-bond donors (Lipinski definition) is 1. The normalized spacial score (nSPS) is 29.1. The third kappa shape index (κ3) is 3.09. The maximum Gasteiger partial charge on any atom is 0.241 e. The third-order valence-corrected chi connectivity index (χ3v) is 5.86. The lowest BCUT2D eigenvalue weighted by molar-refractivity contribution is -0.133. The van der Waals surface area contributed by atoms with Gasteiger partial charge in [0.25, 0.3) is 0 Å². The second kappa shape index (κ2) is 5.76. The fourth-order valence-electron chi connectivity index (χ4n) is 2.85. The number of rotatable bonds is 4. The number of aliphatic hydroxyl groups excluding tert-OH is 1. The maximum atomic E-state index is 12.4. The maximum absolute atomic E-state index is 12.4. The molecule has 7 heteroatoms. The summed E-state index contributed by atoms with van der Waals surface area (Å²) >= 11 is 0. The molecule has 2 saturated heterocycles. The monoisotopic (exact) mass is 290 g/mol. The largest absolute Gasteiger partial charge is 0.391 e. The molecule has 19 heavy (non-hydrogen) atoms. The Morgan fingerprint density at radius 2 is 2.05 bits per heavy atom. The predicted molar refractivity (Wildman–Crippen MR) is 71.0 cm³/mol. The number of hydrogen-bond acceptors (Lipinski definition) is 4. The standard InChI is InChI=1S/C12H22N2O4S/c1-2-8-19(17,18)14-6-3-4-11(14)12(16)13-7-5-10(15)9-13/h10-11,15H,2-9H2,1H3/t10-,11?/m0/s1. The highest BCUT2D eigenvalue weighted by Crippen LogP contribution is 2.25. The molecular weight excluding hydrogens is 268 g/mol. The molecule has 0 aromatic rings. The molecule has 0 aromatic carbocycles. The van der Waals surface area contributed by atoms with Gasteiger partial charge in [-0.15, -0.1) is 0 Å². The van der Waals surface area contributed by atoms with Crippen LogP contribution in [0.4, 0.5) is 0 Å². The van der Waals surface area contributed by atoms with Gasteiger partial charge in [0, 0.05) is 19.6 Å². The minimum absolute atomic E-state index is 0.0966. The zero-order valence-corrected chi connectivity index (χ0v) is 12.1. The van der Waals surface area contributed by atoms with Crippen LogP contribution < -0.4 is 0 Å². The van der Waals surface area contributed by atoms with Crippen LogP contribution in [0.2, 0.25) is 0 Å². The SMILES string of the molecule is CCCS(=O)(=O)N1CCCC1C(=O)N1CC[C@H](O)C1. The molecule has 2 atom stereocenters. The van der Waals surface area contributed by atoms with E-state index in [1.807, 2.05) is 6.92 Å². The van der Waals surface area contributed by atoms with Crippen LogP contribution in [0.1, 0.15) is 32.6 Å². The summed E-state index contributed by atoms with van der Waals surface area (Å²) < 4.78 is 25.6. The van der Waals surface area contributed by atoms with Crippen molar-refractivity contribution in [3.63, 3.8) is 0 Å². The third-order valence-electron chi connectivity index (χ3n) is 3.78. The van der Waals surface area contributed by atoms with Crippen LogP contribution in [-0.4, -0.2) is 66.2 Å². The molecule has 1 N–H and O–H groups in total. The van der Waals surface area contributed by atoms with Gasteiger partial charge < -0.3 is 10.0 Å². The van der Waals surface area contributed by atoms with Gasteiger partial charge in [0.1, 0.15) is 6.04 Å². The first kappa shape index (κ1) is 14.7. The van der Waals surface area contributed by atoms with Crippen molar-refractivity contribution in [3.8, 4) is 0 Å². The van der Waals surface area contributed by atoms with Crippen molar-refractivity contribution in [1.29, 1.82) is 0 Å². The van der Waals surface area contributed by atoms with Crippen LogP contribution in [0, 0.1) is 0 Å². The highest BCUT2D eigenvalue weighted by molar-refractivity contribution is 7.89. The molecule has 2 rings (SSSR count). The van der Waals surface area contributed by atoms with E-state index < -0.39 is 22.2 Å². The van der Waals surface area contributed by atoms with Crippen molar-refractivity contribution < 1.29 is 18.3 Å².